The molecule has 8 rings (SSSR count). The zero-order chi connectivity index (χ0) is 26.6. The van der Waals surface area contributed by atoms with Crippen LogP contribution in [-0.2, 0) is 32.2 Å². The first kappa shape index (κ1) is 25.7. The van der Waals surface area contributed by atoms with Crippen LogP contribution in [0.3, 0.4) is 0 Å². The summed E-state index contributed by atoms with van der Waals surface area (Å²) >= 11 is 0. The van der Waals surface area contributed by atoms with E-state index in [4.69, 9.17) is 4.74 Å². The van der Waals surface area contributed by atoms with Crippen LogP contribution in [0.5, 0.6) is 28.7 Å². The van der Waals surface area contributed by atoms with Gasteiger partial charge in [0.05, 0.1) is 0 Å². The van der Waals surface area contributed by atoms with Crippen LogP contribution in [0.1, 0.15) is 41.7 Å². The van der Waals surface area contributed by atoms with E-state index in [-0.39, 0.29) is 17.2 Å². The lowest BCUT2D eigenvalue weighted by molar-refractivity contribution is 0.291. The van der Waals surface area contributed by atoms with Crippen molar-refractivity contribution < 1.29 is 20.1 Å². The Bertz CT molecular complexity index is 1420. The fraction of sp³-hybridized carbons (Fsp3) is 0.273. The molecule has 6 bridgehead atoms. The normalized spacial score (nSPS) is 13.1. The van der Waals surface area contributed by atoms with Crippen molar-refractivity contribution in [2.45, 2.75) is 46.1 Å². The number of nitrogens with zero attached hydrogens (tertiary/aromatic N) is 1. The quantitative estimate of drug-likeness (QED) is 0.277. The van der Waals surface area contributed by atoms with Gasteiger partial charge in [0, 0.05) is 23.2 Å². The zero-order valence-corrected chi connectivity index (χ0v) is 22.1. The molecule has 0 unspecified atom stereocenters. The maximum absolute atomic E-state index is 11.5. The molecule has 0 saturated heterocycles. The average molecular weight is 510 g/mol. The Labute approximate surface area is 224 Å². The van der Waals surface area contributed by atoms with Crippen molar-refractivity contribution in [3.63, 3.8) is 0 Å². The third-order valence-corrected chi connectivity index (χ3v) is 7.53. The Balaban J connectivity index is 1.59. The number of phenols is 3. The Kier molecular flexibility index (Phi) is 7.57. The highest BCUT2D eigenvalue weighted by Crippen LogP contribution is 2.42. The van der Waals surface area contributed by atoms with Crippen molar-refractivity contribution in [3.05, 3.63) is 101 Å². The maximum Gasteiger partial charge on any atom is 0.169 e. The molecule has 0 atom stereocenters. The van der Waals surface area contributed by atoms with Crippen LogP contribution in [0.2, 0.25) is 0 Å². The fourth-order valence-corrected chi connectivity index (χ4v) is 5.16. The van der Waals surface area contributed by atoms with Gasteiger partial charge in [0.15, 0.2) is 11.5 Å². The van der Waals surface area contributed by atoms with Crippen LogP contribution in [0.15, 0.2) is 72.8 Å². The lowest BCUT2D eigenvalue weighted by Crippen LogP contribution is -2.22. The lowest BCUT2D eigenvalue weighted by atomic mass is 9.90. The molecule has 0 fully saturated rings. The largest absolute Gasteiger partial charge is 0.507 e. The Morgan fingerprint density at radius 2 is 1.34 bits per heavy atom. The van der Waals surface area contributed by atoms with Crippen molar-refractivity contribution in [1.29, 1.82) is 0 Å². The summed E-state index contributed by atoms with van der Waals surface area (Å²) in [5.74, 6) is 1.61. The molecule has 0 aromatic heterocycles. The molecular weight excluding hydrogens is 474 g/mol. The first-order chi connectivity index (χ1) is 18.4. The summed E-state index contributed by atoms with van der Waals surface area (Å²) in [5, 5.41) is 33.0. The van der Waals surface area contributed by atoms with E-state index in [0.29, 0.717) is 42.0 Å². The van der Waals surface area contributed by atoms with Gasteiger partial charge in [-0.3, -0.25) is 4.90 Å². The minimum atomic E-state index is 0.103. The summed E-state index contributed by atoms with van der Waals surface area (Å²) < 4.78 is 6.00. The Hall–Kier alpha value is -3.96. The van der Waals surface area contributed by atoms with Gasteiger partial charge in [-0.25, -0.2) is 0 Å². The van der Waals surface area contributed by atoms with Crippen LogP contribution in [0, 0.1) is 0 Å². The first-order valence-corrected chi connectivity index (χ1v) is 13.4. The second-order valence-corrected chi connectivity index (χ2v) is 9.97. The summed E-state index contributed by atoms with van der Waals surface area (Å²) in [5.41, 5.74) is 6.38. The summed E-state index contributed by atoms with van der Waals surface area (Å²) in [6, 6.07) is 23.2. The molecular formula is C33H35NO4. The summed E-state index contributed by atoms with van der Waals surface area (Å²) in [7, 11) is 0. The standard InChI is InChI=1S/C33H35NO4/c1-3-34(4-2)21-26-14-13-25-12-7-22-8-15-27(16-9-22)38-31-20-24(11-18-29(31)35)6-5-23-10-17-28(30(36)19-23)32(25)33(26)37/h8-11,13-20,35-37H,3-7,12,21H2,1-2H3. The van der Waals surface area contributed by atoms with Gasteiger partial charge in [0.2, 0.25) is 0 Å². The highest BCUT2D eigenvalue weighted by atomic mass is 16.5. The molecule has 0 saturated carbocycles. The zero-order valence-electron chi connectivity index (χ0n) is 22.1. The van der Waals surface area contributed by atoms with Gasteiger partial charge in [-0.15, -0.1) is 0 Å². The van der Waals surface area contributed by atoms with E-state index in [2.05, 4.69) is 24.8 Å². The van der Waals surface area contributed by atoms with Gasteiger partial charge >= 0.3 is 0 Å². The second-order valence-electron chi connectivity index (χ2n) is 9.97. The Morgan fingerprint density at radius 1 is 0.684 bits per heavy atom. The highest BCUT2D eigenvalue weighted by Gasteiger charge is 2.19. The lowest BCUT2D eigenvalue weighted by Gasteiger charge is -2.22. The van der Waals surface area contributed by atoms with Crippen LogP contribution >= 0.6 is 0 Å². The maximum atomic E-state index is 11.5. The molecule has 0 amide bonds. The smallest absolute Gasteiger partial charge is 0.169 e. The molecule has 4 aliphatic rings. The SMILES string of the molecule is CCN(CC)Cc1ccc2c(c1O)-c1ccc(cc1O)CCc1ccc(O)c(c1)Oc1ccc(cc1)CC2. The molecule has 5 nitrogen and oxygen atoms in total. The topological polar surface area (TPSA) is 73.2 Å². The third-order valence-electron chi connectivity index (χ3n) is 7.53. The number of aromatic hydroxyl groups is 3. The Morgan fingerprint density at radius 3 is 2.05 bits per heavy atom. The van der Waals surface area contributed by atoms with E-state index in [1.165, 1.54) is 0 Å². The second kappa shape index (κ2) is 11.2. The van der Waals surface area contributed by atoms with E-state index < -0.39 is 0 Å². The van der Waals surface area contributed by atoms with Crippen molar-refractivity contribution in [3.8, 4) is 39.9 Å². The molecule has 4 aromatic rings. The number of aryl methyl sites for hydroxylation is 4. The number of ether oxygens (including phenoxy) is 1. The van der Waals surface area contributed by atoms with Gasteiger partial charge in [0.25, 0.3) is 0 Å². The van der Waals surface area contributed by atoms with Crippen molar-refractivity contribution in [1.82, 2.24) is 4.90 Å². The minimum absolute atomic E-state index is 0.103. The molecule has 0 spiro atoms. The number of hydrogen-bond donors (Lipinski definition) is 3. The molecule has 0 aliphatic carbocycles. The first-order valence-electron chi connectivity index (χ1n) is 13.4. The molecule has 3 N–H and O–H groups in total. The van der Waals surface area contributed by atoms with Gasteiger partial charge < -0.3 is 20.1 Å². The predicted molar refractivity (Wildman–Crippen MR) is 151 cm³/mol. The van der Waals surface area contributed by atoms with Crippen molar-refractivity contribution in [2.75, 3.05) is 13.1 Å². The summed E-state index contributed by atoms with van der Waals surface area (Å²) in [4.78, 5) is 2.27. The number of phenolic OH excluding ortho intramolecular Hbond substituents is 3. The highest BCUT2D eigenvalue weighted by molar-refractivity contribution is 5.80. The average Bonchev–Trinajstić information content (AvgIpc) is 2.92. The van der Waals surface area contributed by atoms with Gasteiger partial charge in [-0.05, 0) is 91.4 Å². The van der Waals surface area contributed by atoms with Crippen LogP contribution in [0.25, 0.3) is 11.1 Å². The van der Waals surface area contributed by atoms with Gasteiger partial charge in [0.1, 0.15) is 17.2 Å². The summed E-state index contributed by atoms with van der Waals surface area (Å²) in [6.07, 6.45) is 2.91. The number of rotatable bonds is 4. The van der Waals surface area contributed by atoms with Gasteiger partial charge in [-0.2, -0.15) is 0 Å². The monoisotopic (exact) mass is 509 g/mol. The summed E-state index contributed by atoms with van der Waals surface area (Å²) in [6.45, 7) is 6.69. The van der Waals surface area contributed by atoms with E-state index >= 15 is 0 Å². The minimum Gasteiger partial charge on any atom is -0.507 e. The molecule has 4 aromatic carbocycles. The number of benzene rings is 4. The van der Waals surface area contributed by atoms with Crippen LogP contribution in [0.4, 0.5) is 0 Å². The molecule has 38 heavy (non-hydrogen) atoms. The van der Waals surface area contributed by atoms with E-state index in [1.807, 2.05) is 54.6 Å². The molecule has 5 heteroatoms. The molecule has 4 heterocycles. The van der Waals surface area contributed by atoms with Crippen molar-refractivity contribution >= 4 is 0 Å². The van der Waals surface area contributed by atoms with Crippen molar-refractivity contribution in [2.24, 2.45) is 0 Å². The molecule has 196 valence electrons. The van der Waals surface area contributed by atoms with E-state index in [0.717, 1.165) is 53.7 Å². The van der Waals surface area contributed by atoms with Crippen LogP contribution < -0.4 is 4.74 Å². The van der Waals surface area contributed by atoms with Crippen LogP contribution in [-0.4, -0.2) is 33.3 Å². The molecule has 4 aliphatic heterocycles. The van der Waals surface area contributed by atoms with E-state index in [9.17, 15) is 15.3 Å². The predicted octanol–water partition coefficient (Wildman–Crippen LogP) is 6.99. The van der Waals surface area contributed by atoms with E-state index in [1.54, 1.807) is 12.1 Å². The van der Waals surface area contributed by atoms with Gasteiger partial charge in [-0.1, -0.05) is 56.3 Å². The third kappa shape index (κ3) is 5.48. The fourth-order valence-electron chi connectivity index (χ4n) is 5.16. The molecule has 0 radical (unpaired) electrons. The number of hydrogen-bond acceptors (Lipinski definition) is 5.